The maximum absolute atomic E-state index is 12.4. The summed E-state index contributed by atoms with van der Waals surface area (Å²) >= 11 is 0. The predicted octanol–water partition coefficient (Wildman–Crippen LogP) is 15.5. The van der Waals surface area contributed by atoms with E-state index in [4.69, 9.17) is 4.74 Å². The van der Waals surface area contributed by atoms with Gasteiger partial charge in [-0.05, 0) is 96.3 Å². The molecule has 0 aromatic carbocycles. The van der Waals surface area contributed by atoms with E-state index < -0.39 is 12.1 Å². The number of carbonyl (C=O) groups excluding carboxylic acids is 2. The van der Waals surface area contributed by atoms with Crippen LogP contribution >= 0.6 is 0 Å². The van der Waals surface area contributed by atoms with Crippen LogP contribution in [0, 0.1) is 0 Å². The molecule has 0 radical (unpaired) electrons. The van der Waals surface area contributed by atoms with E-state index in [-0.39, 0.29) is 18.5 Å². The Morgan fingerprint density at radius 3 is 1.30 bits per heavy atom. The highest BCUT2D eigenvalue weighted by atomic mass is 16.5. The van der Waals surface area contributed by atoms with Crippen LogP contribution in [0.4, 0.5) is 0 Å². The van der Waals surface area contributed by atoms with Crippen LogP contribution in [0.15, 0.2) is 48.6 Å². The smallest absolute Gasteiger partial charge is 0.305 e. The lowest BCUT2D eigenvalue weighted by molar-refractivity contribution is -0.143. The van der Waals surface area contributed by atoms with Crippen molar-refractivity contribution in [3.8, 4) is 0 Å². The van der Waals surface area contributed by atoms with Gasteiger partial charge in [0.15, 0.2) is 0 Å². The van der Waals surface area contributed by atoms with Crippen molar-refractivity contribution in [2.24, 2.45) is 0 Å². The number of allylic oxidation sites excluding steroid dienone is 7. The third kappa shape index (κ3) is 45.3. The number of esters is 1. The second-order valence-corrected chi connectivity index (χ2v) is 17.5. The lowest BCUT2D eigenvalue weighted by Gasteiger charge is -2.20. The molecule has 0 bridgehead atoms. The number of hydrogen-bond donors (Lipinski definition) is 3. The van der Waals surface area contributed by atoms with Crippen LogP contribution in [-0.2, 0) is 14.3 Å². The van der Waals surface area contributed by atoms with Gasteiger partial charge in [-0.2, -0.15) is 0 Å². The SMILES string of the molecule is CCCCCC/C=C\C/C=C\CCCCCCCCCC(=O)OCCCCC/C=C\CCCCCCCC(=O)NC(CO)C(O)/C=C/CCCCCCCCCCCCC. The van der Waals surface area contributed by atoms with Gasteiger partial charge < -0.3 is 20.3 Å². The molecule has 0 spiro atoms. The van der Waals surface area contributed by atoms with E-state index in [2.05, 4.69) is 55.6 Å². The van der Waals surface area contributed by atoms with Crippen LogP contribution in [-0.4, -0.2) is 47.4 Å². The van der Waals surface area contributed by atoms with Gasteiger partial charge in [-0.1, -0.05) is 197 Å². The number of rotatable bonds is 47. The zero-order valence-electron chi connectivity index (χ0n) is 39.7. The number of nitrogens with one attached hydrogen (secondary N) is 1. The Hall–Kier alpha value is -2.18. The number of aliphatic hydroxyl groups excluding tert-OH is 2. The summed E-state index contributed by atoms with van der Waals surface area (Å²) in [6, 6.07) is -0.647. The lowest BCUT2D eigenvalue weighted by Crippen LogP contribution is -2.45. The van der Waals surface area contributed by atoms with E-state index in [1.807, 2.05) is 6.08 Å². The molecule has 0 aliphatic carbocycles. The van der Waals surface area contributed by atoms with Gasteiger partial charge in [-0.25, -0.2) is 0 Å². The van der Waals surface area contributed by atoms with E-state index in [0.717, 1.165) is 89.9 Å². The fourth-order valence-electron chi connectivity index (χ4n) is 7.54. The number of unbranched alkanes of at least 4 members (excludes halogenated alkanes) is 30. The Bertz CT molecular complexity index is 1020. The summed E-state index contributed by atoms with van der Waals surface area (Å²) in [6.07, 6.45) is 61.1. The fourth-order valence-corrected chi connectivity index (χ4v) is 7.54. The minimum atomic E-state index is -0.861. The second kappa shape index (κ2) is 49.5. The highest BCUT2D eigenvalue weighted by Gasteiger charge is 2.18. The summed E-state index contributed by atoms with van der Waals surface area (Å²) in [5.74, 6) is -0.129. The van der Waals surface area contributed by atoms with Gasteiger partial charge in [0.1, 0.15) is 0 Å². The number of hydrogen-bond acceptors (Lipinski definition) is 5. The van der Waals surface area contributed by atoms with E-state index in [9.17, 15) is 19.8 Å². The third-order valence-electron chi connectivity index (χ3n) is 11.6. The summed E-state index contributed by atoms with van der Waals surface area (Å²) in [7, 11) is 0. The first-order valence-corrected chi connectivity index (χ1v) is 25.9. The standard InChI is InChI=1S/C54H99NO5/c1-3-5-7-9-11-13-15-17-18-19-20-21-23-28-32-36-40-44-48-54(59)60-49-45-41-37-33-29-25-24-27-31-35-39-43-47-53(58)55-51(50-56)52(57)46-42-38-34-30-26-22-16-14-12-10-8-6-4-2/h13,15,18-19,25,29,42,46,51-52,56-57H,3-12,14,16-17,20-24,26-28,30-41,43-45,47-50H2,1-2H3,(H,55,58)/b15-13-,19-18-,29-25-,46-42+. The first kappa shape index (κ1) is 57.8. The average molecular weight is 842 g/mol. The molecule has 0 aromatic rings. The highest BCUT2D eigenvalue weighted by molar-refractivity contribution is 5.76. The second-order valence-electron chi connectivity index (χ2n) is 17.5. The topological polar surface area (TPSA) is 95.9 Å². The normalized spacial score (nSPS) is 13.1. The van der Waals surface area contributed by atoms with Gasteiger partial charge >= 0.3 is 5.97 Å². The van der Waals surface area contributed by atoms with Crippen LogP contribution in [0.25, 0.3) is 0 Å². The largest absolute Gasteiger partial charge is 0.466 e. The molecule has 0 rings (SSSR count). The molecule has 3 N–H and O–H groups in total. The van der Waals surface area contributed by atoms with E-state index >= 15 is 0 Å². The van der Waals surface area contributed by atoms with Gasteiger partial charge in [0.05, 0.1) is 25.4 Å². The monoisotopic (exact) mass is 842 g/mol. The van der Waals surface area contributed by atoms with Crippen molar-refractivity contribution in [2.45, 2.75) is 270 Å². The Morgan fingerprint density at radius 2 is 0.833 bits per heavy atom. The molecule has 1 amide bonds. The van der Waals surface area contributed by atoms with Gasteiger partial charge in [0.2, 0.25) is 5.91 Å². The van der Waals surface area contributed by atoms with Gasteiger partial charge in [0, 0.05) is 12.8 Å². The maximum atomic E-state index is 12.4. The third-order valence-corrected chi connectivity index (χ3v) is 11.6. The Kier molecular flexibility index (Phi) is 47.7. The summed E-state index contributed by atoms with van der Waals surface area (Å²) in [5.41, 5.74) is 0. The van der Waals surface area contributed by atoms with E-state index in [1.165, 1.54) is 141 Å². The fraction of sp³-hybridized carbons (Fsp3) is 0.815. The molecule has 0 aliphatic heterocycles. The minimum Gasteiger partial charge on any atom is -0.466 e. The van der Waals surface area contributed by atoms with Gasteiger partial charge in [0.25, 0.3) is 0 Å². The molecular formula is C54H99NO5. The van der Waals surface area contributed by atoms with Crippen LogP contribution in [0.3, 0.4) is 0 Å². The maximum Gasteiger partial charge on any atom is 0.305 e. The summed E-state index contributed by atoms with van der Waals surface area (Å²) in [6.45, 7) is 4.81. The van der Waals surface area contributed by atoms with Crippen molar-refractivity contribution < 1.29 is 24.5 Å². The summed E-state index contributed by atoms with van der Waals surface area (Å²) < 4.78 is 5.45. The number of carbonyl (C=O) groups is 2. The molecular weight excluding hydrogens is 743 g/mol. The number of aliphatic hydroxyl groups is 2. The molecule has 0 aliphatic rings. The molecule has 0 heterocycles. The molecule has 350 valence electrons. The van der Waals surface area contributed by atoms with Crippen LogP contribution in [0.1, 0.15) is 258 Å². The molecule has 0 saturated heterocycles. The van der Waals surface area contributed by atoms with Crippen molar-refractivity contribution in [1.82, 2.24) is 5.32 Å². The Balaban J connectivity index is 3.54. The quantitative estimate of drug-likeness (QED) is 0.0322. The first-order chi connectivity index (χ1) is 29.5. The van der Waals surface area contributed by atoms with E-state index in [0.29, 0.717) is 19.4 Å². The Morgan fingerprint density at radius 1 is 0.467 bits per heavy atom. The van der Waals surface area contributed by atoms with E-state index in [1.54, 1.807) is 6.08 Å². The van der Waals surface area contributed by atoms with Crippen LogP contribution in [0.5, 0.6) is 0 Å². The molecule has 2 unspecified atom stereocenters. The molecule has 2 atom stereocenters. The zero-order valence-corrected chi connectivity index (χ0v) is 39.7. The molecule has 0 fully saturated rings. The molecule has 0 saturated carbocycles. The molecule has 6 nitrogen and oxygen atoms in total. The zero-order chi connectivity index (χ0) is 43.7. The van der Waals surface area contributed by atoms with Crippen molar-refractivity contribution in [1.29, 1.82) is 0 Å². The van der Waals surface area contributed by atoms with Crippen molar-refractivity contribution in [3.05, 3.63) is 48.6 Å². The van der Waals surface area contributed by atoms with Crippen molar-refractivity contribution >= 4 is 11.9 Å². The van der Waals surface area contributed by atoms with Crippen LogP contribution < -0.4 is 5.32 Å². The van der Waals surface area contributed by atoms with Gasteiger partial charge in [-0.3, -0.25) is 9.59 Å². The molecule has 6 heteroatoms. The summed E-state index contributed by atoms with van der Waals surface area (Å²) in [4.78, 5) is 24.5. The van der Waals surface area contributed by atoms with Crippen molar-refractivity contribution in [3.63, 3.8) is 0 Å². The minimum absolute atomic E-state index is 0.0327. The van der Waals surface area contributed by atoms with Crippen LogP contribution in [0.2, 0.25) is 0 Å². The number of ether oxygens (including phenoxy) is 1. The number of amides is 1. The van der Waals surface area contributed by atoms with Crippen molar-refractivity contribution in [2.75, 3.05) is 13.2 Å². The average Bonchev–Trinajstić information content (AvgIpc) is 3.25. The lowest BCUT2D eigenvalue weighted by atomic mass is 10.0. The Labute approximate surface area is 372 Å². The predicted molar refractivity (Wildman–Crippen MR) is 259 cm³/mol. The molecule has 60 heavy (non-hydrogen) atoms. The van der Waals surface area contributed by atoms with Gasteiger partial charge in [-0.15, -0.1) is 0 Å². The summed E-state index contributed by atoms with van der Waals surface area (Å²) in [5, 5.41) is 23.0. The first-order valence-electron chi connectivity index (χ1n) is 25.9. The highest BCUT2D eigenvalue weighted by Crippen LogP contribution is 2.14. The molecule has 0 aromatic heterocycles.